The molecule has 0 unspecified atom stereocenters. The van der Waals surface area contributed by atoms with Crippen molar-refractivity contribution in [3.63, 3.8) is 0 Å². The quantitative estimate of drug-likeness (QED) is 0.876. The summed E-state index contributed by atoms with van der Waals surface area (Å²) in [4.78, 5) is 0. The molecule has 0 amide bonds. The first kappa shape index (κ1) is 10.6. The lowest BCUT2D eigenvalue weighted by Crippen LogP contribution is -2.13. The van der Waals surface area contributed by atoms with Gasteiger partial charge < -0.3 is 5.73 Å². The highest BCUT2D eigenvalue weighted by atomic mass is 79.9. The molecular weight excluding hydrogens is 240 g/mol. The fraction of sp³-hybridized carbons (Fsp3) is 0.333. The fourth-order valence-corrected chi connectivity index (χ4v) is 1.48. The van der Waals surface area contributed by atoms with Gasteiger partial charge >= 0.3 is 0 Å². The van der Waals surface area contributed by atoms with Gasteiger partial charge in [-0.05, 0) is 17.7 Å². The van der Waals surface area contributed by atoms with Crippen LogP contribution in [-0.4, -0.2) is 6.43 Å². The summed E-state index contributed by atoms with van der Waals surface area (Å²) in [6.45, 7) is 0. The molecule has 0 aliphatic rings. The molecule has 1 rings (SSSR count). The molecule has 0 aliphatic carbocycles. The molecule has 0 saturated heterocycles. The molecule has 0 heterocycles. The predicted octanol–water partition coefficient (Wildman–Crippen LogP) is 3.10. The van der Waals surface area contributed by atoms with Gasteiger partial charge in [0.2, 0.25) is 6.43 Å². The van der Waals surface area contributed by atoms with Crippen LogP contribution >= 0.6 is 15.9 Å². The third-order valence-corrected chi connectivity index (χ3v) is 2.20. The Bertz CT molecular complexity index is 278. The molecule has 1 nitrogen and oxygen atoms in total. The predicted molar refractivity (Wildman–Crippen MR) is 51.7 cm³/mol. The molecule has 0 saturated carbocycles. The third kappa shape index (κ3) is 3.40. The average molecular weight is 250 g/mol. The van der Waals surface area contributed by atoms with Crippen molar-refractivity contribution in [2.45, 2.75) is 18.9 Å². The number of hydrogen-bond acceptors (Lipinski definition) is 1. The van der Waals surface area contributed by atoms with E-state index < -0.39 is 12.5 Å². The van der Waals surface area contributed by atoms with Gasteiger partial charge in [0.1, 0.15) is 0 Å². The number of nitrogens with two attached hydrogens (primary N) is 1. The molecule has 2 N–H and O–H groups in total. The van der Waals surface area contributed by atoms with Crippen LogP contribution in [0.15, 0.2) is 28.7 Å². The zero-order chi connectivity index (χ0) is 9.84. The summed E-state index contributed by atoms with van der Waals surface area (Å²) < 4.78 is 24.8. The van der Waals surface area contributed by atoms with E-state index in [1.54, 1.807) is 18.2 Å². The van der Waals surface area contributed by atoms with Crippen molar-refractivity contribution < 1.29 is 8.78 Å². The fourth-order valence-electron chi connectivity index (χ4n) is 1.07. The molecule has 13 heavy (non-hydrogen) atoms. The van der Waals surface area contributed by atoms with Crippen LogP contribution in [-0.2, 0) is 0 Å². The lowest BCUT2D eigenvalue weighted by Gasteiger charge is -2.11. The molecule has 1 atom stereocenters. The van der Waals surface area contributed by atoms with Crippen LogP contribution in [0.4, 0.5) is 8.78 Å². The molecule has 0 aromatic heterocycles. The zero-order valence-corrected chi connectivity index (χ0v) is 8.47. The van der Waals surface area contributed by atoms with Crippen molar-refractivity contribution >= 4 is 15.9 Å². The molecule has 0 fully saturated rings. The minimum atomic E-state index is -2.35. The molecule has 1 aromatic carbocycles. The molecule has 0 aliphatic heterocycles. The van der Waals surface area contributed by atoms with Gasteiger partial charge in [-0.1, -0.05) is 28.1 Å². The second-order valence-corrected chi connectivity index (χ2v) is 3.70. The maximum absolute atomic E-state index is 12.0. The van der Waals surface area contributed by atoms with Gasteiger partial charge in [0, 0.05) is 16.9 Å². The summed E-state index contributed by atoms with van der Waals surface area (Å²) in [5.41, 5.74) is 6.30. The molecule has 0 bridgehead atoms. The summed E-state index contributed by atoms with van der Waals surface area (Å²) in [7, 11) is 0. The van der Waals surface area contributed by atoms with Gasteiger partial charge in [-0.2, -0.15) is 0 Å². The summed E-state index contributed by atoms with van der Waals surface area (Å²) >= 11 is 3.25. The Balaban J connectivity index is 2.71. The normalized spacial score (nSPS) is 13.3. The molecule has 0 radical (unpaired) electrons. The van der Waals surface area contributed by atoms with Gasteiger partial charge in [0.15, 0.2) is 0 Å². The van der Waals surface area contributed by atoms with E-state index in [0.29, 0.717) is 0 Å². The van der Waals surface area contributed by atoms with Crippen molar-refractivity contribution in [2.75, 3.05) is 0 Å². The second kappa shape index (κ2) is 4.67. The Morgan fingerprint density at radius 2 is 2.08 bits per heavy atom. The van der Waals surface area contributed by atoms with Gasteiger partial charge in [0.25, 0.3) is 0 Å². The summed E-state index contributed by atoms with van der Waals surface area (Å²) in [5, 5.41) is 0. The standard InChI is InChI=1S/C9H10BrF2N/c10-7-3-1-2-6(4-7)8(13)5-9(11)12/h1-4,8-9H,5,13H2/t8-/m1/s1. The van der Waals surface area contributed by atoms with E-state index in [4.69, 9.17) is 5.73 Å². The Morgan fingerprint density at radius 3 is 2.62 bits per heavy atom. The second-order valence-electron chi connectivity index (χ2n) is 2.79. The van der Waals surface area contributed by atoms with Crippen LogP contribution in [0.5, 0.6) is 0 Å². The lowest BCUT2D eigenvalue weighted by atomic mass is 10.1. The number of hydrogen-bond donors (Lipinski definition) is 1. The molecule has 1 aromatic rings. The first-order valence-corrected chi connectivity index (χ1v) is 4.68. The minimum Gasteiger partial charge on any atom is -0.324 e. The van der Waals surface area contributed by atoms with Crippen LogP contribution < -0.4 is 5.73 Å². The smallest absolute Gasteiger partial charge is 0.240 e. The highest BCUT2D eigenvalue weighted by Crippen LogP contribution is 2.21. The molecule has 72 valence electrons. The highest BCUT2D eigenvalue weighted by molar-refractivity contribution is 9.10. The van der Waals surface area contributed by atoms with E-state index in [9.17, 15) is 8.78 Å². The molecule has 0 spiro atoms. The SMILES string of the molecule is N[C@H](CC(F)F)c1cccc(Br)c1. The van der Waals surface area contributed by atoms with E-state index in [2.05, 4.69) is 15.9 Å². The Labute approximate surface area is 84.1 Å². The number of rotatable bonds is 3. The topological polar surface area (TPSA) is 26.0 Å². The van der Waals surface area contributed by atoms with E-state index in [0.717, 1.165) is 10.0 Å². The van der Waals surface area contributed by atoms with E-state index >= 15 is 0 Å². The Kier molecular flexibility index (Phi) is 3.81. The maximum Gasteiger partial charge on any atom is 0.240 e. The van der Waals surface area contributed by atoms with Crippen molar-refractivity contribution in [3.8, 4) is 0 Å². The van der Waals surface area contributed by atoms with Crippen LogP contribution in [0.3, 0.4) is 0 Å². The number of halogens is 3. The molecule has 4 heteroatoms. The van der Waals surface area contributed by atoms with Gasteiger partial charge in [-0.15, -0.1) is 0 Å². The summed E-state index contributed by atoms with van der Waals surface area (Å²) in [5.74, 6) is 0. The Morgan fingerprint density at radius 1 is 1.38 bits per heavy atom. The van der Waals surface area contributed by atoms with Crippen LogP contribution in [0.25, 0.3) is 0 Å². The Hall–Kier alpha value is -0.480. The van der Waals surface area contributed by atoms with Crippen LogP contribution in [0.1, 0.15) is 18.0 Å². The average Bonchev–Trinajstić information content (AvgIpc) is 2.03. The minimum absolute atomic E-state index is 0.295. The third-order valence-electron chi connectivity index (χ3n) is 1.71. The van der Waals surface area contributed by atoms with Crippen molar-refractivity contribution in [1.29, 1.82) is 0 Å². The van der Waals surface area contributed by atoms with E-state index in [1.807, 2.05) is 6.07 Å². The molecular formula is C9H10BrF2N. The van der Waals surface area contributed by atoms with Crippen molar-refractivity contribution in [1.82, 2.24) is 0 Å². The number of alkyl halides is 2. The maximum atomic E-state index is 12.0. The van der Waals surface area contributed by atoms with E-state index in [-0.39, 0.29) is 6.42 Å². The summed E-state index contributed by atoms with van der Waals surface area (Å²) in [6.07, 6.45) is -2.65. The lowest BCUT2D eigenvalue weighted by molar-refractivity contribution is 0.128. The number of benzene rings is 1. The first-order chi connectivity index (χ1) is 6.09. The highest BCUT2D eigenvalue weighted by Gasteiger charge is 2.12. The van der Waals surface area contributed by atoms with Gasteiger partial charge in [0.05, 0.1) is 0 Å². The van der Waals surface area contributed by atoms with Crippen LogP contribution in [0, 0.1) is 0 Å². The van der Waals surface area contributed by atoms with Gasteiger partial charge in [-0.3, -0.25) is 0 Å². The van der Waals surface area contributed by atoms with E-state index in [1.165, 1.54) is 0 Å². The first-order valence-electron chi connectivity index (χ1n) is 3.89. The summed E-state index contributed by atoms with van der Waals surface area (Å²) in [6, 6.07) is 6.53. The van der Waals surface area contributed by atoms with Crippen molar-refractivity contribution in [2.24, 2.45) is 5.73 Å². The largest absolute Gasteiger partial charge is 0.324 e. The van der Waals surface area contributed by atoms with Crippen molar-refractivity contribution in [3.05, 3.63) is 34.3 Å². The zero-order valence-electron chi connectivity index (χ0n) is 6.88. The van der Waals surface area contributed by atoms with Crippen LogP contribution in [0.2, 0.25) is 0 Å². The monoisotopic (exact) mass is 249 g/mol. The van der Waals surface area contributed by atoms with Gasteiger partial charge in [-0.25, -0.2) is 8.78 Å².